The van der Waals surface area contributed by atoms with Gasteiger partial charge in [0.05, 0.1) is 0 Å². The molecule has 0 saturated heterocycles. The largest absolute Gasteiger partial charge is 0.310 e. The molecule has 0 unspecified atom stereocenters. The molecule has 10 aromatic carbocycles. The van der Waals surface area contributed by atoms with Crippen LogP contribution in [0.4, 0.5) is 17.1 Å². The van der Waals surface area contributed by atoms with E-state index < -0.39 is 0 Å². The maximum atomic E-state index is 2.38. The van der Waals surface area contributed by atoms with Crippen LogP contribution in [-0.4, -0.2) is 0 Å². The van der Waals surface area contributed by atoms with E-state index in [1.165, 1.54) is 86.2 Å². The van der Waals surface area contributed by atoms with E-state index >= 15 is 0 Å². The molecule has 0 bridgehead atoms. The highest BCUT2D eigenvalue weighted by molar-refractivity contribution is 7.25. The summed E-state index contributed by atoms with van der Waals surface area (Å²) in [6.07, 6.45) is 0. The average Bonchev–Trinajstić information content (AvgIpc) is 3.68. The predicted octanol–water partition coefficient (Wildman–Crippen LogP) is 16.5. The molecule has 1 heterocycles. The number of hydrogen-bond donors (Lipinski definition) is 0. The standard InChI is InChI=1S/C56H37NS/c1-3-11-38(12-4-1)45-33-46(39-13-5-2-6-14-39)35-47(34-45)41-23-28-49(29-24-41)57(50-30-31-52-44(36-50)20-19-42-15-7-8-16-51(42)52)48-26-21-40(22-27-48)43-25-32-56-54(37-43)53-17-9-10-18-55(53)58-56/h1-37H. The number of benzene rings is 10. The van der Waals surface area contributed by atoms with Crippen molar-refractivity contribution in [3.63, 3.8) is 0 Å². The summed E-state index contributed by atoms with van der Waals surface area (Å²) in [4.78, 5) is 2.38. The minimum Gasteiger partial charge on any atom is -0.310 e. The first-order valence-electron chi connectivity index (χ1n) is 19.8. The maximum absolute atomic E-state index is 2.38. The molecule has 0 aliphatic carbocycles. The van der Waals surface area contributed by atoms with Crippen molar-refractivity contribution < 1.29 is 0 Å². The number of thiophene rings is 1. The molecule has 0 saturated carbocycles. The Balaban J connectivity index is 1.01. The van der Waals surface area contributed by atoms with Crippen LogP contribution < -0.4 is 4.90 Å². The number of anilines is 3. The molecule has 58 heavy (non-hydrogen) atoms. The zero-order chi connectivity index (χ0) is 38.4. The first-order chi connectivity index (χ1) is 28.7. The van der Waals surface area contributed by atoms with Gasteiger partial charge in [-0.05, 0) is 139 Å². The van der Waals surface area contributed by atoms with Gasteiger partial charge in [0.25, 0.3) is 0 Å². The van der Waals surface area contributed by atoms with Crippen LogP contribution in [0.1, 0.15) is 0 Å². The molecule has 0 fully saturated rings. The van der Waals surface area contributed by atoms with Crippen molar-refractivity contribution >= 4 is 70.1 Å². The third kappa shape index (κ3) is 6.21. The molecule has 1 nitrogen and oxygen atoms in total. The summed E-state index contributed by atoms with van der Waals surface area (Å²) in [5, 5.41) is 7.65. The van der Waals surface area contributed by atoms with Crippen LogP contribution in [0.5, 0.6) is 0 Å². The van der Waals surface area contributed by atoms with Crippen LogP contribution in [0.25, 0.3) is 86.2 Å². The Labute approximate surface area is 342 Å². The highest BCUT2D eigenvalue weighted by Gasteiger charge is 2.16. The Morgan fingerprint density at radius 3 is 1.36 bits per heavy atom. The highest BCUT2D eigenvalue weighted by Crippen LogP contribution is 2.41. The summed E-state index contributed by atoms with van der Waals surface area (Å²) in [5.41, 5.74) is 13.0. The fraction of sp³-hybridized carbons (Fsp3) is 0. The van der Waals surface area contributed by atoms with Crippen molar-refractivity contribution in [3.05, 3.63) is 224 Å². The van der Waals surface area contributed by atoms with Crippen molar-refractivity contribution in [1.82, 2.24) is 0 Å². The Hall–Kier alpha value is -7.26. The van der Waals surface area contributed by atoms with E-state index in [0.717, 1.165) is 17.1 Å². The van der Waals surface area contributed by atoms with Gasteiger partial charge < -0.3 is 4.90 Å². The van der Waals surface area contributed by atoms with E-state index in [1.807, 2.05) is 11.3 Å². The summed E-state index contributed by atoms with van der Waals surface area (Å²) in [6, 6.07) is 82.0. The fourth-order valence-corrected chi connectivity index (χ4v) is 9.57. The third-order valence-corrected chi connectivity index (χ3v) is 12.6. The van der Waals surface area contributed by atoms with E-state index in [4.69, 9.17) is 0 Å². The molecule has 0 spiro atoms. The lowest BCUT2D eigenvalue weighted by molar-refractivity contribution is 1.29. The van der Waals surface area contributed by atoms with Crippen LogP contribution in [0.3, 0.4) is 0 Å². The molecule has 0 aliphatic rings. The van der Waals surface area contributed by atoms with Crippen LogP contribution in [0, 0.1) is 0 Å². The van der Waals surface area contributed by atoms with Gasteiger partial charge in [0.2, 0.25) is 0 Å². The molecule has 2 heteroatoms. The molecule has 0 N–H and O–H groups in total. The zero-order valence-corrected chi connectivity index (χ0v) is 32.5. The zero-order valence-electron chi connectivity index (χ0n) is 31.7. The molecule has 11 aromatic rings. The minimum atomic E-state index is 1.10. The SMILES string of the molecule is c1ccc(-c2cc(-c3ccccc3)cc(-c3ccc(N(c4ccc(-c5ccc6sc7ccccc7c6c5)cc4)c4ccc5c(ccc6ccccc65)c4)cc3)c2)cc1. The van der Waals surface area contributed by atoms with Gasteiger partial charge in [0.1, 0.15) is 0 Å². The van der Waals surface area contributed by atoms with Crippen LogP contribution >= 0.6 is 11.3 Å². The van der Waals surface area contributed by atoms with Gasteiger partial charge >= 0.3 is 0 Å². The number of nitrogens with zero attached hydrogens (tertiary/aromatic N) is 1. The fourth-order valence-electron chi connectivity index (χ4n) is 8.49. The molecule has 0 atom stereocenters. The number of hydrogen-bond acceptors (Lipinski definition) is 2. The van der Waals surface area contributed by atoms with Gasteiger partial charge in [-0.3, -0.25) is 0 Å². The lowest BCUT2D eigenvalue weighted by Crippen LogP contribution is -2.09. The number of fused-ring (bicyclic) bond motifs is 6. The quantitative estimate of drug-likeness (QED) is 0.146. The highest BCUT2D eigenvalue weighted by atomic mass is 32.1. The van der Waals surface area contributed by atoms with Crippen LogP contribution in [0.15, 0.2) is 224 Å². The molecule has 1 aromatic heterocycles. The Bertz CT molecular complexity index is 3200. The summed E-state index contributed by atoms with van der Waals surface area (Å²) in [6.45, 7) is 0. The molecular formula is C56H37NS. The van der Waals surface area contributed by atoms with Gasteiger partial charge in [-0.25, -0.2) is 0 Å². The van der Waals surface area contributed by atoms with Gasteiger partial charge in [-0.1, -0.05) is 152 Å². The van der Waals surface area contributed by atoms with E-state index in [9.17, 15) is 0 Å². The van der Waals surface area contributed by atoms with Crippen LogP contribution in [-0.2, 0) is 0 Å². The van der Waals surface area contributed by atoms with Gasteiger partial charge in [0.15, 0.2) is 0 Å². The van der Waals surface area contributed by atoms with Crippen LogP contribution in [0.2, 0.25) is 0 Å². The molecule has 0 aliphatic heterocycles. The van der Waals surface area contributed by atoms with Crippen molar-refractivity contribution in [1.29, 1.82) is 0 Å². The van der Waals surface area contributed by atoms with E-state index in [-0.39, 0.29) is 0 Å². The van der Waals surface area contributed by atoms with E-state index in [0.29, 0.717) is 0 Å². The Morgan fingerprint density at radius 2 is 0.707 bits per heavy atom. The summed E-state index contributed by atoms with van der Waals surface area (Å²) in [5.74, 6) is 0. The van der Waals surface area contributed by atoms with E-state index in [2.05, 4.69) is 229 Å². The lowest BCUT2D eigenvalue weighted by atomic mass is 9.93. The predicted molar refractivity (Wildman–Crippen MR) is 251 cm³/mol. The maximum Gasteiger partial charge on any atom is 0.0468 e. The Kier molecular flexibility index (Phi) is 8.42. The number of rotatable bonds is 7. The van der Waals surface area contributed by atoms with Crippen molar-refractivity contribution in [2.24, 2.45) is 0 Å². The van der Waals surface area contributed by atoms with Crippen molar-refractivity contribution in [2.45, 2.75) is 0 Å². The van der Waals surface area contributed by atoms with E-state index in [1.54, 1.807) is 0 Å². The second-order valence-corrected chi connectivity index (χ2v) is 16.0. The summed E-state index contributed by atoms with van der Waals surface area (Å²) < 4.78 is 2.65. The van der Waals surface area contributed by atoms with Gasteiger partial charge in [0, 0.05) is 37.2 Å². The van der Waals surface area contributed by atoms with Gasteiger partial charge in [-0.15, -0.1) is 11.3 Å². The molecule has 0 amide bonds. The normalized spacial score (nSPS) is 11.4. The Morgan fingerprint density at radius 1 is 0.241 bits per heavy atom. The monoisotopic (exact) mass is 755 g/mol. The third-order valence-electron chi connectivity index (χ3n) is 11.4. The van der Waals surface area contributed by atoms with Crippen molar-refractivity contribution in [3.8, 4) is 44.5 Å². The van der Waals surface area contributed by atoms with Crippen molar-refractivity contribution in [2.75, 3.05) is 4.90 Å². The van der Waals surface area contributed by atoms with Gasteiger partial charge in [-0.2, -0.15) is 0 Å². The lowest BCUT2D eigenvalue weighted by Gasteiger charge is -2.26. The topological polar surface area (TPSA) is 3.24 Å². The molecule has 11 rings (SSSR count). The molecule has 0 radical (unpaired) electrons. The second-order valence-electron chi connectivity index (χ2n) is 15.0. The molecular weight excluding hydrogens is 719 g/mol. The smallest absolute Gasteiger partial charge is 0.0468 e. The molecule has 272 valence electrons. The second kappa shape index (κ2) is 14.4. The minimum absolute atomic E-state index is 1.10. The average molecular weight is 756 g/mol. The first-order valence-corrected chi connectivity index (χ1v) is 20.6. The first kappa shape index (κ1) is 34.0. The summed E-state index contributed by atoms with van der Waals surface area (Å²) >= 11 is 1.86. The summed E-state index contributed by atoms with van der Waals surface area (Å²) in [7, 11) is 0.